The van der Waals surface area contributed by atoms with Gasteiger partial charge < -0.3 is 15.3 Å². The van der Waals surface area contributed by atoms with Crippen molar-refractivity contribution >= 4 is 11.4 Å². The van der Waals surface area contributed by atoms with Crippen LogP contribution in [-0.2, 0) is 0 Å². The summed E-state index contributed by atoms with van der Waals surface area (Å²) in [5, 5.41) is 13.9. The summed E-state index contributed by atoms with van der Waals surface area (Å²) in [6, 6.07) is 8.23. The zero-order valence-electron chi connectivity index (χ0n) is 11.4. The van der Waals surface area contributed by atoms with E-state index >= 15 is 0 Å². The number of nitrogens with one attached hydrogen (secondary N) is 1. The van der Waals surface area contributed by atoms with E-state index in [9.17, 15) is 5.11 Å². The van der Waals surface area contributed by atoms with Crippen LogP contribution in [0.4, 0.5) is 11.4 Å². The summed E-state index contributed by atoms with van der Waals surface area (Å²) in [7, 11) is 4.08. The molecule has 18 heavy (non-hydrogen) atoms. The number of rotatable bonds is 4. The highest BCUT2D eigenvalue weighted by Crippen LogP contribution is 2.30. The smallest absolute Gasteiger partial charge is 0.0819 e. The van der Waals surface area contributed by atoms with Gasteiger partial charge in [0.1, 0.15) is 0 Å². The lowest BCUT2D eigenvalue weighted by Crippen LogP contribution is -2.39. The minimum absolute atomic E-state index is 0.516. The molecule has 1 aromatic carbocycles. The van der Waals surface area contributed by atoms with Crippen LogP contribution in [0, 0.1) is 0 Å². The molecule has 2 N–H and O–H groups in total. The van der Waals surface area contributed by atoms with Gasteiger partial charge in [-0.3, -0.25) is 0 Å². The summed E-state index contributed by atoms with van der Waals surface area (Å²) in [4.78, 5) is 2.09. The fourth-order valence-corrected chi connectivity index (χ4v) is 2.66. The van der Waals surface area contributed by atoms with Crippen molar-refractivity contribution in [2.75, 3.05) is 30.9 Å². The molecule has 1 aliphatic carbocycles. The number of aliphatic hydroxyl groups is 1. The molecule has 0 saturated heterocycles. The molecule has 0 bridgehead atoms. The molecular weight excluding hydrogens is 224 g/mol. The van der Waals surface area contributed by atoms with Crippen molar-refractivity contribution in [3.8, 4) is 0 Å². The Morgan fingerprint density at radius 3 is 2.50 bits per heavy atom. The first-order valence-corrected chi connectivity index (χ1v) is 6.83. The van der Waals surface area contributed by atoms with Crippen LogP contribution in [0.2, 0.25) is 0 Å². The predicted molar refractivity (Wildman–Crippen MR) is 77.3 cm³/mol. The number of nitrogens with zero attached hydrogens (tertiary/aromatic N) is 1. The SMILES string of the molecule is CN(C)c1ccccc1NCC1(O)CCCCC1. The van der Waals surface area contributed by atoms with Crippen molar-refractivity contribution in [3.63, 3.8) is 0 Å². The maximum Gasteiger partial charge on any atom is 0.0819 e. The molecule has 0 aliphatic heterocycles. The largest absolute Gasteiger partial charge is 0.388 e. The van der Waals surface area contributed by atoms with Gasteiger partial charge in [-0.15, -0.1) is 0 Å². The minimum Gasteiger partial charge on any atom is -0.388 e. The first kappa shape index (κ1) is 13.2. The van der Waals surface area contributed by atoms with Gasteiger partial charge in [0.05, 0.1) is 17.0 Å². The number of hydrogen-bond acceptors (Lipinski definition) is 3. The van der Waals surface area contributed by atoms with Gasteiger partial charge >= 0.3 is 0 Å². The predicted octanol–water partition coefficient (Wildman–Crippen LogP) is 2.86. The van der Waals surface area contributed by atoms with Gasteiger partial charge in [0.2, 0.25) is 0 Å². The summed E-state index contributed by atoms with van der Waals surface area (Å²) < 4.78 is 0. The van der Waals surface area contributed by atoms with Crippen LogP contribution in [-0.4, -0.2) is 31.3 Å². The molecule has 1 aromatic rings. The average molecular weight is 248 g/mol. The Bertz CT molecular complexity index is 384. The molecule has 0 unspecified atom stereocenters. The molecule has 0 heterocycles. The molecule has 3 nitrogen and oxygen atoms in total. The maximum atomic E-state index is 10.5. The standard InChI is InChI=1S/C15H24N2O/c1-17(2)14-9-5-4-8-13(14)16-12-15(18)10-6-3-7-11-15/h4-5,8-9,16,18H,3,6-7,10-12H2,1-2H3. The van der Waals surface area contributed by atoms with E-state index < -0.39 is 5.60 Å². The van der Waals surface area contributed by atoms with Crippen LogP contribution in [0.25, 0.3) is 0 Å². The summed E-state index contributed by atoms with van der Waals surface area (Å²) in [6.07, 6.45) is 5.39. The van der Waals surface area contributed by atoms with Crippen molar-refractivity contribution < 1.29 is 5.11 Å². The number of hydrogen-bond donors (Lipinski definition) is 2. The van der Waals surface area contributed by atoms with Gasteiger partial charge in [0.25, 0.3) is 0 Å². The maximum absolute atomic E-state index is 10.5. The molecule has 0 radical (unpaired) electrons. The third-order valence-electron chi connectivity index (χ3n) is 3.78. The van der Waals surface area contributed by atoms with Crippen molar-refractivity contribution in [3.05, 3.63) is 24.3 Å². The molecule has 2 rings (SSSR count). The molecular formula is C15H24N2O. The highest BCUT2D eigenvalue weighted by Gasteiger charge is 2.28. The van der Waals surface area contributed by atoms with E-state index in [0.717, 1.165) is 37.1 Å². The van der Waals surface area contributed by atoms with Gasteiger partial charge in [0, 0.05) is 20.6 Å². The Labute approximate surface area is 110 Å². The summed E-state index contributed by atoms with van der Waals surface area (Å²) in [5.41, 5.74) is 1.75. The van der Waals surface area contributed by atoms with Crippen LogP contribution in [0.1, 0.15) is 32.1 Å². The van der Waals surface area contributed by atoms with Crippen molar-refractivity contribution in [1.82, 2.24) is 0 Å². The number of anilines is 2. The van der Waals surface area contributed by atoms with Crippen molar-refractivity contribution in [1.29, 1.82) is 0 Å². The minimum atomic E-state index is -0.516. The number of benzene rings is 1. The highest BCUT2D eigenvalue weighted by molar-refractivity contribution is 5.69. The lowest BCUT2D eigenvalue weighted by molar-refractivity contribution is 0.0167. The van der Waals surface area contributed by atoms with E-state index in [1.54, 1.807) is 0 Å². The van der Waals surface area contributed by atoms with Crippen LogP contribution < -0.4 is 10.2 Å². The fraction of sp³-hybridized carbons (Fsp3) is 0.600. The zero-order valence-corrected chi connectivity index (χ0v) is 11.4. The Kier molecular flexibility index (Phi) is 4.12. The molecule has 1 fully saturated rings. The second-order valence-corrected chi connectivity index (χ2v) is 5.55. The Morgan fingerprint density at radius 1 is 1.17 bits per heavy atom. The Morgan fingerprint density at radius 2 is 1.83 bits per heavy atom. The van der Waals surface area contributed by atoms with Crippen LogP contribution >= 0.6 is 0 Å². The lowest BCUT2D eigenvalue weighted by Gasteiger charge is -2.33. The topological polar surface area (TPSA) is 35.5 Å². The zero-order chi connectivity index (χ0) is 13.0. The molecule has 1 aliphatic rings. The van der Waals surface area contributed by atoms with E-state index in [1.807, 2.05) is 26.2 Å². The second kappa shape index (κ2) is 5.61. The highest BCUT2D eigenvalue weighted by atomic mass is 16.3. The average Bonchev–Trinajstić information content (AvgIpc) is 2.38. The third kappa shape index (κ3) is 3.16. The quantitative estimate of drug-likeness (QED) is 0.860. The van der Waals surface area contributed by atoms with Gasteiger partial charge in [0.15, 0.2) is 0 Å². The Hall–Kier alpha value is -1.22. The van der Waals surface area contributed by atoms with E-state index in [2.05, 4.69) is 22.3 Å². The van der Waals surface area contributed by atoms with E-state index in [-0.39, 0.29) is 0 Å². The van der Waals surface area contributed by atoms with E-state index in [0.29, 0.717) is 6.54 Å². The Balaban J connectivity index is 2.01. The molecule has 1 saturated carbocycles. The van der Waals surface area contributed by atoms with Crippen LogP contribution in [0.3, 0.4) is 0 Å². The van der Waals surface area contributed by atoms with E-state index in [4.69, 9.17) is 0 Å². The van der Waals surface area contributed by atoms with Gasteiger partial charge in [-0.2, -0.15) is 0 Å². The summed E-state index contributed by atoms with van der Waals surface area (Å²) >= 11 is 0. The van der Waals surface area contributed by atoms with Crippen molar-refractivity contribution in [2.45, 2.75) is 37.7 Å². The molecule has 3 heteroatoms. The third-order valence-corrected chi connectivity index (χ3v) is 3.78. The summed E-state index contributed by atoms with van der Waals surface area (Å²) in [5.74, 6) is 0. The molecule has 0 spiro atoms. The molecule has 0 aromatic heterocycles. The summed E-state index contributed by atoms with van der Waals surface area (Å²) in [6.45, 7) is 0.651. The monoisotopic (exact) mass is 248 g/mol. The first-order chi connectivity index (χ1) is 8.61. The fourth-order valence-electron chi connectivity index (χ4n) is 2.66. The van der Waals surface area contributed by atoms with E-state index in [1.165, 1.54) is 6.42 Å². The second-order valence-electron chi connectivity index (χ2n) is 5.55. The molecule has 0 amide bonds. The van der Waals surface area contributed by atoms with Gasteiger partial charge in [-0.1, -0.05) is 31.4 Å². The number of para-hydroxylation sites is 2. The molecule has 100 valence electrons. The lowest BCUT2D eigenvalue weighted by atomic mass is 9.85. The van der Waals surface area contributed by atoms with Gasteiger partial charge in [-0.05, 0) is 25.0 Å². The van der Waals surface area contributed by atoms with Crippen LogP contribution in [0.15, 0.2) is 24.3 Å². The normalized spacial score (nSPS) is 18.4. The first-order valence-electron chi connectivity index (χ1n) is 6.83. The van der Waals surface area contributed by atoms with Crippen molar-refractivity contribution in [2.24, 2.45) is 0 Å². The molecule has 0 atom stereocenters. The van der Waals surface area contributed by atoms with Crippen LogP contribution in [0.5, 0.6) is 0 Å². The van der Waals surface area contributed by atoms with Gasteiger partial charge in [-0.25, -0.2) is 0 Å².